The van der Waals surface area contributed by atoms with Crippen molar-refractivity contribution in [2.45, 2.75) is 33.1 Å². The molecule has 1 aromatic rings. The van der Waals surface area contributed by atoms with Gasteiger partial charge in [-0.2, -0.15) is 5.10 Å². The lowest BCUT2D eigenvalue weighted by Gasteiger charge is -2.07. The number of hydrogen-bond donors (Lipinski definition) is 1. The molecule has 1 atom stereocenters. The molecule has 0 aliphatic carbocycles. The van der Waals surface area contributed by atoms with Gasteiger partial charge in [-0.15, -0.1) is 0 Å². The zero-order valence-electron chi connectivity index (χ0n) is 10.7. The van der Waals surface area contributed by atoms with Crippen molar-refractivity contribution in [3.05, 3.63) is 15.9 Å². The van der Waals surface area contributed by atoms with E-state index in [-0.39, 0.29) is 11.7 Å². The number of Topliss-reactive ketones (excluding diaryl/α,β-unsaturated/α-hetero) is 1. The molecule has 0 aliphatic heterocycles. The average molecular weight is 302 g/mol. The Hall–Kier alpha value is -0.680. The van der Waals surface area contributed by atoms with Gasteiger partial charge in [-0.1, -0.05) is 13.8 Å². The van der Waals surface area contributed by atoms with Crippen molar-refractivity contribution in [3.63, 3.8) is 0 Å². The standard InChI is InChI=1S/C12H20BrN3O/c1-4-10-12(13)11(16(3)15-10)6-9(17)5-8(2)7-14/h8H,4-7,14H2,1-3H3. The molecule has 2 N–H and O–H groups in total. The highest BCUT2D eigenvalue weighted by Crippen LogP contribution is 2.22. The first-order valence-corrected chi connectivity index (χ1v) is 6.70. The zero-order valence-corrected chi connectivity index (χ0v) is 12.2. The second kappa shape index (κ2) is 6.31. The number of nitrogens with two attached hydrogens (primary N) is 1. The van der Waals surface area contributed by atoms with Crippen molar-refractivity contribution in [1.82, 2.24) is 9.78 Å². The molecule has 0 saturated heterocycles. The molecule has 1 aromatic heterocycles. The molecule has 5 heteroatoms. The van der Waals surface area contributed by atoms with Gasteiger partial charge in [-0.3, -0.25) is 9.48 Å². The van der Waals surface area contributed by atoms with E-state index in [0.717, 1.165) is 22.3 Å². The fraction of sp³-hybridized carbons (Fsp3) is 0.667. The van der Waals surface area contributed by atoms with E-state index in [1.807, 2.05) is 14.0 Å². The number of aryl methyl sites for hydroxylation is 2. The van der Waals surface area contributed by atoms with Gasteiger partial charge in [-0.05, 0) is 34.8 Å². The average Bonchev–Trinajstić information content (AvgIpc) is 2.56. The van der Waals surface area contributed by atoms with E-state index in [1.165, 1.54) is 0 Å². The Labute approximate surface area is 111 Å². The Morgan fingerprint density at radius 3 is 2.71 bits per heavy atom. The molecule has 0 aromatic carbocycles. The van der Waals surface area contributed by atoms with Gasteiger partial charge in [0.2, 0.25) is 0 Å². The quantitative estimate of drug-likeness (QED) is 0.872. The van der Waals surface area contributed by atoms with Gasteiger partial charge in [0.15, 0.2) is 0 Å². The summed E-state index contributed by atoms with van der Waals surface area (Å²) in [6.45, 7) is 4.60. The molecule has 0 radical (unpaired) electrons. The van der Waals surface area contributed by atoms with Crippen LogP contribution in [0.25, 0.3) is 0 Å². The topological polar surface area (TPSA) is 60.9 Å². The summed E-state index contributed by atoms with van der Waals surface area (Å²) in [4.78, 5) is 11.9. The summed E-state index contributed by atoms with van der Waals surface area (Å²) in [7, 11) is 1.87. The smallest absolute Gasteiger partial charge is 0.139 e. The van der Waals surface area contributed by atoms with Gasteiger partial charge in [-0.25, -0.2) is 0 Å². The van der Waals surface area contributed by atoms with Crippen molar-refractivity contribution < 1.29 is 4.79 Å². The minimum Gasteiger partial charge on any atom is -0.330 e. The fourth-order valence-corrected chi connectivity index (χ4v) is 2.50. The van der Waals surface area contributed by atoms with E-state index < -0.39 is 0 Å². The van der Waals surface area contributed by atoms with Crippen molar-refractivity contribution in [1.29, 1.82) is 0 Å². The summed E-state index contributed by atoms with van der Waals surface area (Å²) >= 11 is 3.51. The second-order valence-corrected chi connectivity index (χ2v) is 5.24. The zero-order chi connectivity index (χ0) is 13.0. The van der Waals surface area contributed by atoms with Crippen LogP contribution >= 0.6 is 15.9 Å². The van der Waals surface area contributed by atoms with Gasteiger partial charge >= 0.3 is 0 Å². The number of carbonyl (C=O) groups excluding carboxylic acids is 1. The van der Waals surface area contributed by atoms with Gasteiger partial charge < -0.3 is 5.73 Å². The Morgan fingerprint density at radius 1 is 1.59 bits per heavy atom. The van der Waals surface area contributed by atoms with E-state index in [2.05, 4.69) is 28.0 Å². The van der Waals surface area contributed by atoms with Crippen molar-refractivity contribution in [2.24, 2.45) is 18.7 Å². The van der Waals surface area contributed by atoms with Crippen LogP contribution in [0.4, 0.5) is 0 Å². The lowest BCUT2D eigenvalue weighted by molar-refractivity contribution is -0.119. The summed E-state index contributed by atoms with van der Waals surface area (Å²) in [6.07, 6.45) is 1.83. The van der Waals surface area contributed by atoms with Crippen molar-refractivity contribution in [3.8, 4) is 0 Å². The SMILES string of the molecule is CCc1nn(C)c(CC(=O)CC(C)CN)c1Br. The number of hydrogen-bond acceptors (Lipinski definition) is 3. The number of aromatic nitrogens is 2. The molecule has 0 amide bonds. The number of halogens is 1. The van der Waals surface area contributed by atoms with E-state index in [9.17, 15) is 4.79 Å². The van der Waals surface area contributed by atoms with Crippen LogP contribution in [0, 0.1) is 5.92 Å². The largest absolute Gasteiger partial charge is 0.330 e. The second-order valence-electron chi connectivity index (χ2n) is 4.44. The predicted molar refractivity (Wildman–Crippen MR) is 71.8 cm³/mol. The van der Waals surface area contributed by atoms with Crippen LogP contribution in [-0.4, -0.2) is 22.1 Å². The third-order valence-electron chi connectivity index (χ3n) is 2.85. The molecule has 0 saturated carbocycles. The Morgan fingerprint density at radius 2 is 2.24 bits per heavy atom. The first-order valence-electron chi connectivity index (χ1n) is 5.91. The van der Waals surface area contributed by atoms with Crippen LogP contribution in [0.5, 0.6) is 0 Å². The minimum atomic E-state index is 0.217. The first kappa shape index (κ1) is 14.4. The summed E-state index contributed by atoms with van der Waals surface area (Å²) in [5.41, 5.74) is 7.48. The van der Waals surface area contributed by atoms with Gasteiger partial charge in [0.25, 0.3) is 0 Å². The maximum atomic E-state index is 11.9. The highest BCUT2D eigenvalue weighted by atomic mass is 79.9. The van der Waals surface area contributed by atoms with E-state index in [4.69, 9.17) is 5.73 Å². The van der Waals surface area contributed by atoms with Gasteiger partial charge in [0.05, 0.1) is 15.9 Å². The van der Waals surface area contributed by atoms with Crippen LogP contribution in [0.3, 0.4) is 0 Å². The Bertz CT molecular complexity index is 401. The van der Waals surface area contributed by atoms with Crippen LogP contribution in [0.1, 0.15) is 31.7 Å². The normalized spacial score (nSPS) is 12.8. The number of rotatable bonds is 6. The molecular weight excluding hydrogens is 282 g/mol. The molecule has 4 nitrogen and oxygen atoms in total. The monoisotopic (exact) mass is 301 g/mol. The Balaban J connectivity index is 2.74. The molecule has 0 aliphatic rings. The minimum absolute atomic E-state index is 0.217. The van der Waals surface area contributed by atoms with E-state index in [0.29, 0.717) is 19.4 Å². The Kier molecular flexibility index (Phi) is 5.33. The van der Waals surface area contributed by atoms with E-state index in [1.54, 1.807) is 4.68 Å². The number of nitrogens with zero attached hydrogens (tertiary/aromatic N) is 2. The summed E-state index contributed by atoms with van der Waals surface area (Å²) < 4.78 is 2.75. The summed E-state index contributed by atoms with van der Waals surface area (Å²) in [5.74, 6) is 0.467. The van der Waals surface area contributed by atoms with Gasteiger partial charge in [0, 0.05) is 19.9 Å². The van der Waals surface area contributed by atoms with Gasteiger partial charge in [0.1, 0.15) is 5.78 Å². The molecule has 1 rings (SSSR count). The third kappa shape index (κ3) is 3.64. The highest BCUT2D eigenvalue weighted by molar-refractivity contribution is 9.10. The van der Waals surface area contributed by atoms with Crippen molar-refractivity contribution >= 4 is 21.7 Å². The fourth-order valence-electron chi connectivity index (χ4n) is 1.74. The lowest BCUT2D eigenvalue weighted by Crippen LogP contribution is -2.17. The van der Waals surface area contributed by atoms with Crippen LogP contribution in [-0.2, 0) is 24.7 Å². The predicted octanol–water partition coefficient (Wildman–Crippen LogP) is 1.84. The number of ketones is 1. The highest BCUT2D eigenvalue weighted by Gasteiger charge is 2.16. The van der Waals surface area contributed by atoms with Crippen LogP contribution in [0.2, 0.25) is 0 Å². The molecule has 0 spiro atoms. The van der Waals surface area contributed by atoms with E-state index >= 15 is 0 Å². The molecule has 96 valence electrons. The molecule has 0 bridgehead atoms. The lowest BCUT2D eigenvalue weighted by atomic mass is 10.0. The maximum absolute atomic E-state index is 11.9. The van der Waals surface area contributed by atoms with Crippen LogP contribution < -0.4 is 5.73 Å². The molecule has 1 unspecified atom stereocenters. The maximum Gasteiger partial charge on any atom is 0.139 e. The summed E-state index contributed by atoms with van der Waals surface area (Å²) in [6, 6.07) is 0. The molecule has 1 heterocycles. The molecule has 0 fully saturated rings. The third-order valence-corrected chi connectivity index (χ3v) is 3.76. The first-order chi connectivity index (χ1) is 7.99. The van der Waals surface area contributed by atoms with Crippen LogP contribution in [0.15, 0.2) is 4.47 Å². The number of carbonyl (C=O) groups is 1. The molecular formula is C12H20BrN3O. The van der Waals surface area contributed by atoms with Crippen molar-refractivity contribution in [2.75, 3.05) is 6.54 Å². The molecule has 17 heavy (non-hydrogen) atoms. The summed E-state index contributed by atoms with van der Waals surface area (Å²) in [5, 5.41) is 4.37.